The highest BCUT2D eigenvalue weighted by molar-refractivity contribution is 6.33. The van der Waals surface area contributed by atoms with Gasteiger partial charge in [0.25, 0.3) is 0 Å². The van der Waals surface area contributed by atoms with Crippen molar-refractivity contribution in [3.63, 3.8) is 0 Å². The number of aromatic carboxylic acids is 1. The van der Waals surface area contributed by atoms with Crippen LogP contribution in [0.5, 0.6) is 0 Å². The van der Waals surface area contributed by atoms with Crippen LogP contribution in [0.1, 0.15) is 36.1 Å². The summed E-state index contributed by atoms with van der Waals surface area (Å²) in [6, 6.07) is 0. The van der Waals surface area contributed by atoms with Crippen molar-refractivity contribution in [2.75, 3.05) is 0 Å². The Labute approximate surface area is 80.6 Å². The van der Waals surface area contributed by atoms with Crippen molar-refractivity contribution in [3.8, 4) is 0 Å². The summed E-state index contributed by atoms with van der Waals surface area (Å²) in [6.45, 7) is 3.77. The highest BCUT2D eigenvalue weighted by Gasteiger charge is 2.13. The van der Waals surface area contributed by atoms with Gasteiger partial charge in [-0.05, 0) is 0 Å². The molecule has 13 heavy (non-hydrogen) atoms. The predicted molar refractivity (Wildman–Crippen MR) is 48.1 cm³/mol. The fourth-order valence-electron chi connectivity index (χ4n) is 0.809. The quantitative estimate of drug-likeness (QED) is 0.793. The van der Waals surface area contributed by atoms with E-state index in [0.717, 1.165) is 0 Å². The van der Waals surface area contributed by atoms with E-state index in [0.29, 0.717) is 5.82 Å². The predicted octanol–water partition coefficient (Wildman–Crippen LogP) is 1.95. The van der Waals surface area contributed by atoms with Crippen LogP contribution in [0.4, 0.5) is 0 Å². The summed E-state index contributed by atoms with van der Waals surface area (Å²) in [5.41, 5.74) is -0.139. The molecule has 0 aliphatic rings. The average Bonchev–Trinajstić information content (AvgIpc) is 2.04. The lowest BCUT2D eigenvalue weighted by Gasteiger charge is -2.04. The number of halogens is 1. The standard InChI is InChI=1S/C8H9ClN2O2/c1-4(2)7-10-3-5(9)6(11-7)8(12)13/h3-4H,1-2H3,(H,12,13). The third-order valence-electron chi connectivity index (χ3n) is 1.48. The molecule has 1 N–H and O–H groups in total. The van der Waals surface area contributed by atoms with Crippen molar-refractivity contribution >= 4 is 17.6 Å². The van der Waals surface area contributed by atoms with Gasteiger partial charge in [-0.15, -0.1) is 0 Å². The van der Waals surface area contributed by atoms with Gasteiger partial charge >= 0.3 is 5.97 Å². The van der Waals surface area contributed by atoms with E-state index in [9.17, 15) is 4.79 Å². The Morgan fingerprint density at radius 2 is 2.23 bits per heavy atom. The van der Waals surface area contributed by atoms with Crippen LogP contribution in [0.15, 0.2) is 6.20 Å². The maximum absolute atomic E-state index is 10.6. The van der Waals surface area contributed by atoms with Crippen molar-refractivity contribution in [3.05, 3.63) is 22.7 Å². The first-order chi connectivity index (χ1) is 6.02. The van der Waals surface area contributed by atoms with Gasteiger partial charge < -0.3 is 5.11 Å². The molecular formula is C8H9ClN2O2. The second kappa shape index (κ2) is 3.70. The van der Waals surface area contributed by atoms with Gasteiger partial charge in [0, 0.05) is 5.92 Å². The molecule has 0 spiro atoms. The van der Waals surface area contributed by atoms with E-state index in [1.165, 1.54) is 6.20 Å². The molecule has 0 aromatic carbocycles. The SMILES string of the molecule is CC(C)c1ncc(Cl)c(C(=O)O)n1. The maximum atomic E-state index is 10.6. The average molecular weight is 201 g/mol. The molecule has 0 saturated heterocycles. The maximum Gasteiger partial charge on any atom is 0.356 e. The zero-order valence-electron chi connectivity index (χ0n) is 7.28. The first kappa shape index (κ1) is 9.92. The lowest BCUT2D eigenvalue weighted by Crippen LogP contribution is -2.07. The summed E-state index contributed by atoms with van der Waals surface area (Å²) >= 11 is 5.59. The zero-order valence-corrected chi connectivity index (χ0v) is 8.04. The fourth-order valence-corrected chi connectivity index (χ4v) is 0.981. The van der Waals surface area contributed by atoms with E-state index >= 15 is 0 Å². The Balaban J connectivity index is 3.19. The number of hydrogen-bond donors (Lipinski definition) is 1. The molecule has 0 atom stereocenters. The molecule has 5 heteroatoms. The first-order valence-electron chi connectivity index (χ1n) is 3.78. The highest BCUT2D eigenvalue weighted by Crippen LogP contribution is 2.15. The number of carboxylic acids is 1. The van der Waals surface area contributed by atoms with E-state index < -0.39 is 5.97 Å². The molecule has 0 unspecified atom stereocenters. The molecule has 0 amide bonds. The van der Waals surface area contributed by atoms with Crippen LogP contribution < -0.4 is 0 Å². The largest absolute Gasteiger partial charge is 0.476 e. The molecule has 0 bridgehead atoms. The number of carbonyl (C=O) groups is 1. The molecule has 0 aliphatic heterocycles. The molecular weight excluding hydrogens is 192 g/mol. The second-order valence-corrected chi connectivity index (χ2v) is 3.29. The highest BCUT2D eigenvalue weighted by atomic mass is 35.5. The molecule has 0 saturated carbocycles. The summed E-state index contributed by atoms with van der Waals surface area (Å²) in [7, 11) is 0. The summed E-state index contributed by atoms with van der Waals surface area (Å²) in [5, 5.41) is 8.76. The molecule has 70 valence electrons. The van der Waals surface area contributed by atoms with Gasteiger partial charge in [-0.2, -0.15) is 0 Å². The van der Waals surface area contributed by atoms with Gasteiger partial charge in [-0.3, -0.25) is 0 Å². The van der Waals surface area contributed by atoms with Crippen molar-refractivity contribution in [2.24, 2.45) is 0 Å². The summed E-state index contributed by atoms with van der Waals surface area (Å²) in [5.74, 6) is -0.550. The zero-order chi connectivity index (χ0) is 10.0. The molecule has 0 fully saturated rings. The van der Waals surface area contributed by atoms with Crippen molar-refractivity contribution in [1.29, 1.82) is 0 Å². The topological polar surface area (TPSA) is 63.1 Å². The van der Waals surface area contributed by atoms with Gasteiger partial charge in [0.2, 0.25) is 0 Å². The van der Waals surface area contributed by atoms with Crippen molar-refractivity contribution < 1.29 is 9.90 Å². The van der Waals surface area contributed by atoms with Crippen LogP contribution in [0.2, 0.25) is 5.02 Å². The minimum Gasteiger partial charge on any atom is -0.476 e. The number of hydrogen-bond acceptors (Lipinski definition) is 3. The van der Waals surface area contributed by atoms with Gasteiger partial charge in [-0.25, -0.2) is 14.8 Å². The first-order valence-corrected chi connectivity index (χ1v) is 4.16. The molecule has 1 heterocycles. The van der Waals surface area contributed by atoms with Crippen LogP contribution in [0.3, 0.4) is 0 Å². The third-order valence-corrected chi connectivity index (χ3v) is 1.76. The fraction of sp³-hybridized carbons (Fsp3) is 0.375. The van der Waals surface area contributed by atoms with Crippen LogP contribution in [-0.4, -0.2) is 21.0 Å². The Kier molecular flexibility index (Phi) is 2.83. The minimum absolute atomic E-state index is 0.0666. The number of carboxylic acid groups (broad SMARTS) is 1. The van der Waals surface area contributed by atoms with Gasteiger partial charge in [0.15, 0.2) is 5.69 Å². The molecule has 1 rings (SSSR count). The molecule has 1 aromatic heterocycles. The molecule has 0 radical (unpaired) electrons. The number of aromatic nitrogens is 2. The Bertz CT molecular complexity index is 339. The lowest BCUT2D eigenvalue weighted by atomic mass is 10.2. The van der Waals surface area contributed by atoms with Crippen LogP contribution in [0.25, 0.3) is 0 Å². The van der Waals surface area contributed by atoms with Gasteiger partial charge in [0.1, 0.15) is 5.82 Å². The van der Waals surface area contributed by atoms with Gasteiger partial charge in [0.05, 0.1) is 11.2 Å². The van der Waals surface area contributed by atoms with Crippen LogP contribution >= 0.6 is 11.6 Å². The van der Waals surface area contributed by atoms with Gasteiger partial charge in [-0.1, -0.05) is 25.4 Å². The van der Waals surface area contributed by atoms with Crippen LogP contribution in [-0.2, 0) is 0 Å². The molecule has 0 aliphatic carbocycles. The van der Waals surface area contributed by atoms with Crippen molar-refractivity contribution in [2.45, 2.75) is 19.8 Å². The number of rotatable bonds is 2. The van der Waals surface area contributed by atoms with Crippen molar-refractivity contribution in [1.82, 2.24) is 9.97 Å². The summed E-state index contributed by atoms with van der Waals surface area (Å²) in [4.78, 5) is 18.4. The normalized spacial score (nSPS) is 10.5. The van der Waals surface area contributed by atoms with Crippen LogP contribution in [0, 0.1) is 0 Å². The smallest absolute Gasteiger partial charge is 0.356 e. The lowest BCUT2D eigenvalue weighted by molar-refractivity contribution is 0.0690. The van der Waals surface area contributed by atoms with E-state index in [4.69, 9.17) is 16.7 Å². The second-order valence-electron chi connectivity index (χ2n) is 2.88. The van der Waals surface area contributed by atoms with E-state index in [2.05, 4.69) is 9.97 Å². The monoisotopic (exact) mass is 200 g/mol. The third kappa shape index (κ3) is 2.15. The van der Waals surface area contributed by atoms with E-state index in [-0.39, 0.29) is 16.6 Å². The Morgan fingerprint density at radius 1 is 1.62 bits per heavy atom. The van der Waals surface area contributed by atoms with E-state index in [1.807, 2.05) is 13.8 Å². The summed E-state index contributed by atoms with van der Waals surface area (Å²) < 4.78 is 0. The Hall–Kier alpha value is -1.16. The molecule has 1 aromatic rings. The minimum atomic E-state index is -1.13. The van der Waals surface area contributed by atoms with E-state index in [1.54, 1.807) is 0 Å². The number of nitrogens with zero attached hydrogens (tertiary/aromatic N) is 2. The Morgan fingerprint density at radius 3 is 2.69 bits per heavy atom. The summed E-state index contributed by atoms with van der Waals surface area (Å²) in [6.07, 6.45) is 1.31. The molecule has 4 nitrogen and oxygen atoms in total.